The molecule has 0 saturated carbocycles. The van der Waals surface area contributed by atoms with E-state index in [1.807, 2.05) is 0 Å². The van der Waals surface area contributed by atoms with Crippen LogP contribution in [0.15, 0.2) is 72.8 Å². The topological polar surface area (TPSA) is 0 Å². The van der Waals surface area contributed by atoms with Crippen LogP contribution in [0.5, 0.6) is 0 Å². The monoisotopic (exact) mass is 323 g/mol. The Morgan fingerprint density at radius 2 is 1.00 bits per heavy atom. The molecule has 0 spiro atoms. The number of benzene rings is 4. The van der Waals surface area contributed by atoms with Crippen molar-refractivity contribution in [3.8, 4) is 11.1 Å². The summed E-state index contributed by atoms with van der Waals surface area (Å²) in [5.41, 5.74) is 5.97. The van der Waals surface area contributed by atoms with Crippen LogP contribution in [-0.4, -0.2) is 8.41 Å². The second-order valence-corrected chi connectivity index (χ2v) is 7.45. The number of rotatable bonds is 0. The normalized spacial score (nSPS) is 13.0. The van der Waals surface area contributed by atoms with Gasteiger partial charge in [-0.3, -0.25) is 0 Å². The van der Waals surface area contributed by atoms with Crippen LogP contribution < -0.4 is 0 Å². The van der Waals surface area contributed by atoms with Gasteiger partial charge in [-0.1, -0.05) is 72.8 Å². The van der Waals surface area contributed by atoms with Crippen molar-refractivity contribution in [3.63, 3.8) is 0 Å². The van der Waals surface area contributed by atoms with E-state index in [1.54, 1.807) is 0 Å². The summed E-state index contributed by atoms with van der Waals surface area (Å²) in [6.07, 6.45) is 2.40. The standard InChI is InChI=1S/C22H17P.B/c1-3-7-19-15(5-1)9-11-17-13-23-14-18-12-10-16-6-2-4-8-20(16)22(18)21(17)19;/h1-12,23H,13-14H2;. The molecule has 0 amide bonds. The molecule has 0 bridgehead atoms. The smallest absolute Gasteiger partial charge is 0 e. The zero-order chi connectivity index (χ0) is 15.2. The van der Waals surface area contributed by atoms with Gasteiger partial charge < -0.3 is 0 Å². The van der Waals surface area contributed by atoms with E-state index < -0.39 is 0 Å². The number of fused-ring (bicyclic) bond motifs is 7. The summed E-state index contributed by atoms with van der Waals surface area (Å²) in [5.74, 6) is 0. The predicted octanol–water partition coefficient (Wildman–Crippen LogP) is 5.97. The van der Waals surface area contributed by atoms with Gasteiger partial charge in [0.05, 0.1) is 0 Å². The third-order valence-electron chi connectivity index (χ3n) is 4.91. The first kappa shape index (κ1) is 15.4. The number of hydrogen-bond acceptors (Lipinski definition) is 0. The van der Waals surface area contributed by atoms with Crippen molar-refractivity contribution < 1.29 is 0 Å². The van der Waals surface area contributed by atoms with Crippen molar-refractivity contribution >= 4 is 38.5 Å². The highest BCUT2D eigenvalue weighted by molar-refractivity contribution is 7.36. The molecular formula is C22H17BP. The van der Waals surface area contributed by atoms with Crippen LogP contribution in [0.2, 0.25) is 0 Å². The summed E-state index contributed by atoms with van der Waals surface area (Å²) in [6, 6.07) is 26.9. The van der Waals surface area contributed by atoms with E-state index in [0.29, 0.717) is 0 Å². The molecule has 0 unspecified atom stereocenters. The Bertz CT molecular complexity index is 967. The zero-order valence-electron chi connectivity index (χ0n) is 13.4. The minimum atomic E-state index is 0. The quantitative estimate of drug-likeness (QED) is 0.276. The van der Waals surface area contributed by atoms with Gasteiger partial charge in [0.1, 0.15) is 0 Å². The molecule has 1 heterocycles. The van der Waals surface area contributed by atoms with Gasteiger partial charge in [0.15, 0.2) is 0 Å². The SMILES string of the molecule is [B].c1ccc2c3c(ccc2c1)CPCc1ccc2ccccc2c1-3. The first-order chi connectivity index (χ1) is 11.4. The Hall–Kier alpha value is -2.11. The Labute approximate surface area is 146 Å². The molecule has 0 atom stereocenters. The Kier molecular flexibility index (Phi) is 3.90. The van der Waals surface area contributed by atoms with Crippen LogP contribution in [0.1, 0.15) is 11.1 Å². The summed E-state index contributed by atoms with van der Waals surface area (Å²) in [6.45, 7) is 0. The summed E-state index contributed by atoms with van der Waals surface area (Å²) in [4.78, 5) is 0. The molecule has 0 saturated heterocycles. The van der Waals surface area contributed by atoms with Crippen LogP contribution in [-0.2, 0) is 12.3 Å². The van der Waals surface area contributed by atoms with Crippen LogP contribution in [0, 0.1) is 0 Å². The van der Waals surface area contributed by atoms with Crippen LogP contribution in [0.25, 0.3) is 32.7 Å². The van der Waals surface area contributed by atoms with Gasteiger partial charge in [-0.15, -0.1) is 8.58 Å². The van der Waals surface area contributed by atoms with E-state index in [9.17, 15) is 0 Å². The van der Waals surface area contributed by atoms with Crippen molar-refractivity contribution in [2.24, 2.45) is 0 Å². The zero-order valence-corrected chi connectivity index (χ0v) is 14.4. The van der Waals surface area contributed by atoms with Crippen molar-refractivity contribution in [2.45, 2.75) is 12.3 Å². The average Bonchev–Trinajstić information content (AvgIpc) is 2.81. The Balaban J connectivity index is 0.00000146. The second kappa shape index (κ2) is 6.08. The molecule has 0 aliphatic carbocycles. The van der Waals surface area contributed by atoms with E-state index in [-0.39, 0.29) is 8.41 Å². The first-order valence-corrected chi connectivity index (χ1v) is 9.55. The first-order valence-electron chi connectivity index (χ1n) is 8.14. The molecule has 1 aliphatic heterocycles. The summed E-state index contributed by atoms with van der Waals surface area (Å²) >= 11 is 0. The maximum Gasteiger partial charge on any atom is 0 e. The third-order valence-corrected chi connectivity index (χ3v) is 6.17. The van der Waals surface area contributed by atoms with Crippen molar-refractivity contribution in [1.29, 1.82) is 0 Å². The molecule has 2 heteroatoms. The molecule has 0 N–H and O–H groups in total. The molecule has 0 fully saturated rings. The molecule has 113 valence electrons. The molecule has 3 radical (unpaired) electrons. The highest BCUT2D eigenvalue weighted by atomic mass is 31.1. The van der Waals surface area contributed by atoms with Crippen LogP contribution >= 0.6 is 8.58 Å². The Morgan fingerprint density at radius 3 is 1.50 bits per heavy atom. The summed E-state index contributed by atoms with van der Waals surface area (Å²) in [7, 11) is 0.971. The van der Waals surface area contributed by atoms with E-state index in [2.05, 4.69) is 72.8 Å². The van der Waals surface area contributed by atoms with Crippen molar-refractivity contribution in [3.05, 3.63) is 83.9 Å². The summed E-state index contributed by atoms with van der Waals surface area (Å²) < 4.78 is 0. The van der Waals surface area contributed by atoms with Crippen molar-refractivity contribution in [2.75, 3.05) is 0 Å². The van der Waals surface area contributed by atoms with Crippen LogP contribution in [0.3, 0.4) is 0 Å². The van der Waals surface area contributed by atoms with Crippen molar-refractivity contribution in [1.82, 2.24) is 0 Å². The maximum absolute atomic E-state index is 2.35. The lowest BCUT2D eigenvalue weighted by molar-refractivity contribution is 1.42. The maximum atomic E-state index is 2.35. The third kappa shape index (κ3) is 2.27. The van der Waals surface area contributed by atoms with E-state index in [0.717, 1.165) is 8.58 Å². The van der Waals surface area contributed by atoms with E-state index in [4.69, 9.17) is 0 Å². The molecule has 4 aromatic rings. The molecule has 1 aliphatic rings. The van der Waals surface area contributed by atoms with E-state index in [1.165, 1.54) is 56.1 Å². The molecule has 0 aromatic heterocycles. The molecule has 0 nitrogen and oxygen atoms in total. The van der Waals surface area contributed by atoms with Crippen LogP contribution in [0.4, 0.5) is 0 Å². The van der Waals surface area contributed by atoms with Gasteiger partial charge in [0.25, 0.3) is 0 Å². The van der Waals surface area contributed by atoms with Gasteiger partial charge in [-0.25, -0.2) is 0 Å². The lowest BCUT2D eigenvalue weighted by atomic mass is 9.88. The molecule has 24 heavy (non-hydrogen) atoms. The molecule has 4 aromatic carbocycles. The van der Waals surface area contributed by atoms with Gasteiger partial charge in [0.2, 0.25) is 0 Å². The fraction of sp³-hybridized carbons (Fsp3) is 0.0909. The highest BCUT2D eigenvalue weighted by Gasteiger charge is 2.19. The fourth-order valence-electron chi connectivity index (χ4n) is 3.85. The minimum Gasteiger partial charge on any atom is -0.113 e. The van der Waals surface area contributed by atoms with Gasteiger partial charge in [-0.05, 0) is 56.1 Å². The van der Waals surface area contributed by atoms with E-state index >= 15 is 0 Å². The minimum absolute atomic E-state index is 0. The average molecular weight is 323 g/mol. The lowest BCUT2D eigenvalue weighted by Crippen LogP contribution is -1.92. The second-order valence-electron chi connectivity index (χ2n) is 6.25. The van der Waals surface area contributed by atoms with Gasteiger partial charge in [0, 0.05) is 8.41 Å². The highest BCUT2D eigenvalue weighted by Crippen LogP contribution is 2.45. The van der Waals surface area contributed by atoms with Gasteiger partial charge in [-0.2, -0.15) is 0 Å². The Morgan fingerprint density at radius 1 is 0.542 bits per heavy atom. The summed E-state index contributed by atoms with van der Waals surface area (Å²) in [5, 5.41) is 5.48. The van der Waals surface area contributed by atoms with Gasteiger partial charge >= 0.3 is 0 Å². The fourth-order valence-corrected chi connectivity index (χ4v) is 5.10. The largest absolute Gasteiger partial charge is 0.113 e. The molecular weight excluding hydrogens is 306 g/mol. The lowest BCUT2D eigenvalue weighted by Gasteiger charge is -2.15. The number of hydrogen-bond donors (Lipinski definition) is 0. The predicted molar refractivity (Wildman–Crippen MR) is 108 cm³/mol. The molecule has 5 rings (SSSR count).